The topological polar surface area (TPSA) is 41.6 Å². The van der Waals surface area contributed by atoms with Crippen LogP contribution in [0.3, 0.4) is 0 Å². The van der Waals surface area contributed by atoms with Crippen molar-refractivity contribution in [3.05, 3.63) is 12.2 Å². The van der Waals surface area contributed by atoms with Crippen LogP contribution < -0.4 is 5.48 Å². The molecule has 3 rings (SSSR count). The Bertz CT molecular complexity index is 283. The fourth-order valence-corrected chi connectivity index (χ4v) is 2.69. The van der Waals surface area contributed by atoms with Crippen LogP contribution in [-0.2, 0) is 9.63 Å². The summed E-state index contributed by atoms with van der Waals surface area (Å²) >= 11 is 0. The van der Waals surface area contributed by atoms with E-state index in [1.54, 1.807) is 0 Å². The number of nitrogens with zero attached hydrogens (tertiary/aromatic N) is 1. The largest absolute Gasteiger partial charge is 0.340 e. The van der Waals surface area contributed by atoms with Gasteiger partial charge in [0.25, 0.3) is 0 Å². The van der Waals surface area contributed by atoms with E-state index in [4.69, 9.17) is 4.84 Å². The monoisotopic (exact) mass is 208 g/mol. The number of hydrogen-bond donors (Lipinski definition) is 1. The molecule has 82 valence electrons. The van der Waals surface area contributed by atoms with Gasteiger partial charge >= 0.3 is 0 Å². The van der Waals surface area contributed by atoms with Crippen molar-refractivity contribution in [2.45, 2.75) is 18.9 Å². The molecule has 1 amide bonds. The van der Waals surface area contributed by atoms with E-state index in [1.807, 2.05) is 4.90 Å². The van der Waals surface area contributed by atoms with Crippen molar-refractivity contribution in [3.8, 4) is 0 Å². The van der Waals surface area contributed by atoms with E-state index < -0.39 is 0 Å². The maximum Gasteiger partial charge on any atom is 0.226 e. The van der Waals surface area contributed by atoms with Crippen molar-refractivity contribution in [1.29, 1.82) is 0 Å². The molecule has 0 unspecified atom stereocenters. The SMILES string of the molecule is O=C(C1CC=CC1)N1C[C@@H]2CON[C@H]2C1. The third kappa shape index (κ3) is 1.58. The first-order valence-electron chi connectivity index (χ1n) is 5.65. The van der Waals surface area contributed by atoms with Crippen molar-refractivity contribution < 1.29 is 9.63 Å². The molecule has 1 N–H and O–H groups in total. The Morgan fingerprint density at radius 1 is 1.33 bits per heavy atom. The summed E-state index contributed by atoms with van der Waals surface area (Å²) in [5.41, 5.74) is 2.98. The zero-order valence-corrected chi connectivity index (χ0v) is 8.69. The van der Waals surface area contributed by atoms with Crippen molar-refractivity contribution in [3.63, 3.8) is 0 Å². The number of nitrogens with one attached hydrogen (secondary N) is 1. The van der Waals surface area contributed by atoms with E-state index in [9.17, 15) is 4.79 Å². The highest BCUT2D eigenvalue weighted by molar-refractivity contribution is 5.80. The third-order valence-corrected chi connectivity index (χ3v) is 3.64. The van der Waals surface area contributed by atoms with Crippen molar-refractivity contribution in [2.24, 2.45) is 11.8 Å². The summed E-state index contributed by atoms with van der Waals surface area (Å²) in [6, 6.07) is 0.364. The molecule has 0 aromatic carbocycles. The lowest BCUT2D eigenvalue weighted by molar-refractivity contribution is -0.134. The average molecular weight is 208 g/mol. The highest BCUT2D eigenvalue weighted by Crippen LogP contribution is 2.26. The van der Waals surface area contributed by atoms with Crippen LogP contribution in [0.15, 0.2) is 12.2 Å². The maximum absolute atomic E-state index is 12.1. The fraction of sp³-hybridized carbons (Fsp3) is 0.727. The maximum atomic E-state index is 12.1. The molecule has 2 aliphatic heterocycles. The Balaban J connectivity index is 1.62. The first kappa shape index (κ1) is 9.36. The van der Waals surface area contributed by atoms with Gasteiger partial charge < -0.3 is 9.74 Å². The molecule has 0 aromatic heterocycles. The van der Waals surface area contributed by atoms with E-state index in [0.29, 0.717) is 17.9 Å². The number of likely N-dealkylation sites (tertiary alicyclic amines) is 1. The Hall–Kier alpha value is -0.870. The standard InChI is InChI=1S/C11H16N2O2/c14-11(8-3-1-2-4-8)13-5-9-7-15-12-10(9)6-13/h1-2,8-10,12H,3-7H2/t9-,10+/m1/s1. The van der Waals surface area contributed by atoms with Crippen LogP contribution >= 0.6 is 0 Å². The van der Waals surface area contributed by atoms with Crippen LogP contribution in [0.25, 0.3) is 0 Å². The highest BCUT2D eigenvalue weighted by Gasteiger charge is 2.40. The van der Waals surface area contributed by atoms with Crippen LogP contribution in [0.4, 0.5) is 0 Å². The molecule has 0 spiro atoms. The molecule has 0 aromatic rings. The van der Waals surface area contributed by atoms with Gasteiger partial charge in [-0.05, 0) is 12.8 Å². The molecule has 0 saturated carbocycles. The van der Waals surface area contributed by atoms with E-state index >= 15 is 0 Å². The molecule has 2 saturated heterocycles. The molecule has 3 aliphatic rings. The fourth-order valence-electron chi connectivity index (χ4n) is 2.69. The summed E-state index contributed by atoms with van der Waals surface area (Å²) in [6.07, 6.45) is 6.07. The lowest BCUT2D eigenvalue weighted by Gasteiger charge is -2.21. The molecule has 15 heavy (non-hydrogen) atoms. The second-order valence-electron chi connectivity index (χ2n) is 4.68. The lowest BCUT2D eigenvalue weighted by atomic mass is 10.1. The van der Waals surface area contributed by atoms with Gasteiger partial charge in [-0.1, -0.05) is 12.2 Å². The zero-order chi connectivity index (χ0) is 10.3. The van der Waals surface area contributed by atoms with E-state index in [-0.39, 0.29) is 5.92 Å². The quantitative estimate of drug-likeness (QED) is 0.631. The van der Waals surface area contributed by atoms with Gasteiger partial charge in [0.2, 0.25) is 5.91 Å². The van der Waals surface area contributed by atoms with Crippen LogP contribution in [0.1, 0.15) is 12.8 Å². The van der Waals surface area contributed by atoms with Gasteiger partial charge in [-0.3, -0.25) is 4.79 Å². The van der Waals surface area contributed by atoms with Crippen LogP contribution in [0.2, 0.25) is 0 Å². The highest BCUT2D eigenvalue weighted by atomic mass is 16.7. The minimum atomic E-state index is 0.213. The third-order valence-electron chi connectivity index (χ3n) is 3.64. The smallest absolute Gasteiger partial charge is 0.226 e. The van der Waals surface area contributed by atoms with Crippen LogP contribution in [-0.4, -0.2) is 36.5 Å². The number of fused-ring (bicyclic) bond motifs is 1. The van der Waals surface area contributed by atoms with Crippen LogP contribution in [0.5, 0.6) is 0 Å². The minimum absolute atomic E-state index is 0.213. The second kappa shape index (κ2) is 3.61. The predicted octanol–water partition coefficient (Wildman–Crippen LogP) is 0.314. The van der Waals surface area contributed by atoms with E-state index in [2.05, 4.69) is 17.6 Å². The van der Waals surface area contributed by atoms with E-state index in [1.165, 1.54) is 0 Å². The number of hydrogen-bond acceptors (Lipinski definition) is 3. The Morgan fingerprint density at radius 2 is 2.13 bits per heavy atom. The predicted molar refractivity (Wildman–Crippen MR) is 54.8 cm³/mol. The van der Waals surface area contributed by atoms with Gasteiger partial charge in [0.05, 0.1) is 12.6 Å². The summed E-state index contributed by atoms with van der Waals surface area (Å²) in [7, 11) is 0. The van der Waals surface area contributed by atoms with Crippen LogP contribution in [0, 0.1) is 11.8 Å². The van der Waals surface area contributed by atoms with Crippen molar-refractivity contribution in [2.75, 3.05) is 19.7 Å². The molecule has 2 heterocycles. The number of hydroxylamine groups is 1. The molecule has 1 aliphatic carbocycles. The van der Waals surface area contributed by atoms with E-state index in [0.717, 1.165) is 32.5 Å². The summed E-state index contributed by atoms with van der Waals surface area (Å²) in [5.74, 6) is 1.05. The molecule has 4 nitrogen and oxygen atoms in total. The summed E-state index contributed by atoms with van der Waals surface area (Å²) in [5, 5.41) is 0. The first-order valence-corrected chi connectivity index (χ1v) is 5.65. The molecular formula is C11H16N2O2. The second-order valence-corrected chi connectivity index (χ2v) is 4.68. The number of allylic oxidation sites excluding steroid dienone is 2. The Labute approximate surface area is 89.2 Å². The lowest BCUT2D eigenvalue weighted by Crippen LogP contribution is -2.36. The Kier molecular flexibility index (Phi) is 2.25. The molecule has 2 fully saturated rings. The molecule has 0 radical (unpaired) electrons. The van der Waals surface area contributed by atoms with Gasteiger partial charge in [0.1, 0.15) is 0 Å². The van der Waals surface area contributed by atoms with Gasteiger partial charge in [-0.15, -0.1) is 0 Å². The summed E-state index contributed by atoms with van der Waals surface area (Å²) in [4.78, 5) is 19.3. The molecule has 4 heteroatoms. The molecule has 2 atom stereocenters. The first-order chi connectivity index (χ1) is 7.34. The summed E-state index contributed by atoms with van der Waals surface area (Å²) < 4.78 is 0. The van der Waals surface area contributed by atoms with Crippen molar-refractivity contribution >= 4 is 5.91 Å². The number of rotatable bonds is 1. The van der Waals surface area contributed by atoms with Gasteiger partial charge in [0.15, 0.2) is 0 Å². The number of carbonyl (C=O) groups excluding carboxylic acids is 1. The number of carbonyl (C=O) groups is 1. The van der Waals surface area contributed by atoms with Gasteiger partial charge in [-0.25, -0.2) is 0 Å². The average Bonchev–Trinajstić information content (AvgIpc) is 2.92. The Morgan fingerprint density at radius 3 is 2.87 bits per heavy atom. The number of amides is 1. The molecular weight excluding hydrogens is 192 g/mol. The van der Waals surface area contributed by atoms with Crippen molar-refractivity contribution in [1.82, 2.24) is 10.4 Å². The molecule has 0 bridgehead atoms. The normalized spacial score (nSPS) is 35.1. The minimum Gasteiger partial charge on any atom is -0.340 e. The van der Waals surface area contributed by atoms with Gasteiger partial charge in [0, 0.05) is 24.9 Å². The van der Waals surface area contributed by atoms with Gasteiger partial charge in [-0.2, -0.15) is 5.48 Å². The zero-order valence-electron chi connectivity index (χ0n) is 8.69. The summed E-state index contributed by atoms with van der Waals surface area (Å²) in [6.45, 7) is 2.43.